The number of primary amides is 1. The molecule has 30 heavy (non-hydrogen) atoms. The largest absolute Gasteiger partial charge is 0.493 e. The Morgan fingerprint density at radius 1 is 1.03 bits per heavy atom. The Bertz CT molecular complexity index is 870. The lowest BCUT2D eigenvalue weighted by atomic mass is 10.1. The van der Waals surface area contributed by atoms with Crippen molar-refractivity contribution in [2.75, 3.05) is 20.3 Å². The predicted octanol–water partition coefficient (Wildman–Crippen LogP) is 2.57. The topological polar surface area (TPSA) is 99.9 Å². The lowest BCUT2D eigenvalue weighted by molar-refractivity contribution is -0.176. The van der Waals surface area contributed by atoms with E-state index in [1.807, 2.05) is 0 Å². The monoisotopic (exact) mass is 426 g/mol. The van der Waals surface area contributed by atoms with Gasteiger partial charge in [-0.25, -0.2) is 0 Å². The Balaban J connectivity index is 1.89. The third-order valence-corrected chi connectivity index (χ3v) is 3.80. The fourth-order valence-corrected chi connectivity index (χ4v) is 2.41. The highest BCUT2D eigenvalue weighted by Crippen LogP contribution is 2.28. The summed E-state index contributed by atoms with van der Waals surface area (Å²) in [5.41, 5.74) is 6.64. The molecular weight excluding hydrogens is 405 g/mol. The molecule has 2 aromatic rings. The molecule has 0 aliphatic heterocycles. The molecule has 0 atom stereocenters. The van der Waals surface area contributed by atoms with Crippen molar-refractivity contribution in [1.29, 1.82) is 0 Å². The highest BCUT2D eigenvalue weighted by Gasteiger charge is 2.27. The number of halogens is 3. The molecule has 0 heterocycles. The van der Waals surface area contributed by atoms with Crippen LogP contribution in [-0.2, 0) is 22.7 Å². The first-order valence-electron chi connectivity index (χ1n) is 8.77. The van der Waals surface area contributed by atoms with Crippen LogP contribution in [0.1, 0.15) is 21.5 Å². The maximum absolute atomic E-state index is 12.3. The molecule has 0 aliphatic carbocycles. The van der Waals surface area contributed by atoms with Gasteiger partial charge in [-0.1, -0.05) is 18.2 Å². The van der Waals surface area contributed by atoms with Crippen LogP contribution in [0.3, 0.4) is 0 Å². The number of carbonyl (C=O) groups is 2. The lowest BCUT2D eigenvalue weighted by Crippen LogP contribution is -2.23. The number of hydrogen-bond acceptors (Lipinski definition) is 5. The van der Waals surface area contributed by atoms with Crippen LogP contribution in [0.2, 0.25) is 0 Å². The van der Waals surface area contributed by atoms with Gasteiger partial charge in [0.15, 0.2) is 18.1 Å². The zero-order valence-electron chi connectivity index (χ0n) is 16.1. The summed E-state index contributed by atoms with van der Waals surface area (Å²) >= 11 is 0. The zero-order valence-corrected chi connectivity index (χ0v) is 16.1. The van der Waals surface area contributed by atoms with Gasteiger partial charge in [0.2, 0.25) is 0 Å². The van der Waals surface area contributed by atoms with E-state index < -0.39 is 18.7 Å². The molecule has 0 saturated heterocycles. The number of ether oxygens (including phenoxy) is 3. The number of nitrogens with one attached hydrogen (secondary N) is 1. The summed E-state index contributed by atoms with van der Waals surface area (Å²) in [5, 5.41) is 2.73. The van der Waals surface area contributed by atoms with Gasteiger partial charge < -0.3 is 25.3 Å². The number of carbonyl (C=O) groups excluding carboxylic acids is 2. The van der Waals surface area contributed by atoms with E-state index >= 15 is 0 Å². The van der Waals surface area contributed by atoms with Gasteiger partial charge in [0.1, 0.15) is 6.61 Å². The molecule has 2 rings (SSSR count). The highest BCUT2D eigenvalue weighted by atomic mass is 19.4. The maximum atomic E-state index is 12.3. The van der Waals surface area contributed by atoms with Crippen LogP contribution in [0, 0.1) is 0 Å². The zero-order chi connectivity index (χ0) is 22.1. The molecule has 3 N–H and O–H groups in total. The summed E-state index contributed by atoms with van der Waals surface area (Å²) in [5.74, 6) is -0.252. The third-order valence-electron chi connectivity index (χ3n) is 3.80. The van der Waals surface area contributed by atoms with E-state index in [4.69, 9.17) is 15.2 Å². The molecule has 2 aromatic carbocycles. The van der Waals surface area contributed by atoms with Gasteiger partial charge in [-0.05, 0) is 35.4 Å². The average molecular weight is 426 g/mol. The number of nitrogens with two attached hydrogens (primary N) is 1. The van der Waals surface area contributed by atoms with E-state index in [0.717, 1.165) is 5.56 Å². The highest BCUT2D eigenvalue weighted by molar-refractivity contribution is 5.94. The molecule has 0 spiro atoms. The molecule has 0 saturated carbocycles. The standard InChI is InChI=1S/C20H21F3N2O5/c1-28-17-8-14(4-7-16(17)30-11-18(24)26)9-25-19(27)15-5-2-13(3-6-15)10-29-12-20(21,22)23/h2-8H,9-12H2,1H3,(H2,24,26)(H,25,27). The van der Waals surface area contributed by atoms with Crippen molar-refractivity contribution in [2.45, 2.75) is 19.3 Å². The summed E-state index contributed by atoms with van der Waals surface area (Å²) in [6.07, 6.45) is -4.38. The fraction of sp³-hybridized carbons (Fsp3) is 0.300. The van der Waals surface area contributed by atoms with E-state index in [1.165, 1.54) is 31.4 Å². The third kappa shape index (κ3) is 7.63. The summed E-state index contributed by atoms with van der Waals surface area (Å²) < 4.78 is 51.3. The van der Waals surface area contributed by atoms with Crippen molar-refractivity contribution in [2.24, 2.45) is 5.73 Å². The quantitative estimate of drug-likeness (QED) is 0.608. The van der Waals surface area contributed by atoms with Gasteiger partial charge >= 0.3 is 6.18 Å². The van der Waals surface area contributed by atoms with Gasteiger partial charge in [0.25, 0.3) is 11.8 Å². The molecule has 7 nitrogen and oxygen atoms in total. The second-order valence-corrected chi connectivity index (χ2v) is 6.23. The second-order valence-electron chi connectivity index (χ2n) is 6.23. The lowest BCUT2D eigenvalue weighted by Gasteiger charge is -2.12. The Morgan fingerprint density at radius 2 is 1.70 bits per heavy atom. The van der Waals surface area contributed by atoms with Crippen LogP contribution < -0.4 is 20.5 Å². The van der Waals surface area contributed by atoms with E-state index in [0.29, 0.717) is 22.6 Å². The summed E-state index contributed by atoms with van der Waals surface area (Å²) in [6, 6.07) is 11.0. The normalized spacial score (nSPS) is 11.1. The van der Waals surface area contributed by atoms with Crippen LogP contribution in [0.25, 0.3) is 0 Å². The maximum Gasteiger partial charge on any atom is 0.411 e. The number of amides is 2. The SMILES string of the molecule is COc1cc(CNC(=O)c2ccc(COCC(F)(F)F)cc2)ccc1OCC(N)=O. The number of rotatable bonds is 10. The van der Waals surface area contributed by atoms with Gasteiger partial charge in [0, 0.05) is 12.1 Å². The molecule has 0 unspecified atom stereocenters. The van der Waals surface area contributed by atoms with E-state index in [2.05, 4.69) is 10.1 Å². The second kappa shape index (κ2) is 10.5. The molecule has 162 valence electrons. The number of benzene rings is 2. The van der Waals surface area contributed by atoms with Crippen molar-refractivity contribution in [3.8, 4) is 11.5 Å². The van der Waals surface area contributed by atoms with Crippen LogP contribution >= 0.6 is 0 Å². The molecule has 0 aromatic heterocycles. The van der Waals surface area contributed by atoms with Gasteiger partial charge in [-0.2, -0.15) is 13.2 Å². The smallest absolute Gasteiger partial charge is 0.411 e. The Kier molecular flexibility index (Phi) is 8.05. The van der Waals surface area contributed by atoms with E-state index in [-0.39, 0.29) is 25.7 Å². The number of alkyl halides is 3. The summed E-state index contributed by atoms with van der Waals surface area (Å²) in [6.45, 7) is -1.62. The molecule has 0 radical (unpaired) electrons. The minimum Gasteiger partial charge on any atom is -0.493 e. The minimum atomic E-state index is -4.38. The minimum absolute atomic E-state index is 0.196. The Hall–Kier alpha value is -3.27. The van der Waals surface area contributed by atoms with Crippen LogP contribution in [0.4, 0.5) is 13.2 Å². The Morgan fingerprint density at radius 3 is 2.30 bits per heavy atom. The van der Waals surface area contributed by atoms with Crippen molar-refractivity contribution in [3.63, 3.8) is 0 Å². The first-order valence-corrected chi connectivity index (χ1v) is 8.77. The molecule has 2 amide bonds. The fourth-order valence-electron chi connectivity index (χ4n) is 2.41. The molecule has 0 aliphatic rings. The molecule has 0 bridgehead atoms. The Labute approximate surface area is 170 Å². The van der Waals surface area contributed by atoms with Crippen molar-refractivity contribution < 1.29 is 37.0 Å². The first-order chi connectivity index (χ1) is 14.2. The van der Waals surface area contributed by atoms with E-state index in [1.54, 1.807) is 18.2 Å². The first kappa shape index (κ1) is 23.0. The molecule has 0 fully saturated rings. The number of hydrogen-bond donors (Lipinski definition) is 2. The summed E-state index contributed by atoms with van der Waals surface area (Å²) in [7, 11) is 1.44. The van der Waals surface area contributed by atoms with Crippen LogP contribution in [0.15, 0.2) is 42.5 Å². The van der Waals surface area contributed by atoms with Gasteiger partial charge in [-0.3, -0.25) is 9.59 Å². The van der Waals surface area contributed by atoms with Crippen molar-refractivity contribution in [3.05, 3.63) is 59.2 Å². The van der Waals surface area contributed by atoms with Crippen molar-refractivity contribution in [1.82, 2.24) is 5.32 Å². The molecule has 10 heteroatoms. The van der Waals surface area contributed by atoms with Crippen LogP contribution in [0.5, 0.6) is 11.5 Å². The van der Waals surface area contributed by atoms with Crippen LogP contribution in [-0.4, -0.2) is 38.3 Å². The van der Waals surface area contributed by atoms with Gasteiger partial charge in [0.05, 0.1) is 13.7 Å². The molecular formula is C20H21F3N2O5. The van der Waals surface area contributed by atoms with Gasteiger partial charge in [-0.15, -0.1) is 0 Å². The van der Waals surface area contributed by atoms with E-state index in [9.17, 15) is 22.8 Å². The number of methoxy groups -OCH3 is 1. The summed E-state index contributed by atoms with van der Waals surface area (Å²) in [4.78, 5) is 23.1. The van der Waals surface area contributed by atoms with Crippen molar-refractivity contribution >= 4 is 11.8 Å². The predicted molar refractivity (Wildman–Crippen MR) is 101 cm³/mol. The average Bonchev–Trinajstić information content (AvgIpc) is 2.70.